The Balaban J connectivity index is 1.46. The van der Waals surface area contributed by atoms with Gasteiger partial charge in [0.25, 0.3) is 0 Å². The molecule has 1 saturated heterocycles. The summed E-state index contributed by atoms with van der Waals surface area (Å²) in [5.41, 5.74) is 2.20. The third-order valence-corrected chi connectivity index (χ3v) is 4.54. The number of ether oxygens (including phenoxy) is 1. The van der Waals surface area contributed by atoms with Crippen molar-refractivity contribution in [2.24, 2.45) is 0 Å². The van der Waals surface area contributed by atoms with Crippen LogP contribution < -0.4 is 10.1 Å². The number of hydrogen-bond donors (Lipinski definition) is 1. The van der Waals surface area contributed by atoms with Gasteiger partial charge in [-0.05, 0) is 25.5 Å². The van der Waals surface area contributed by atoms with Crippen LogP contribution in [0.15, 0.2) is 48.7 Å². The minimum atomic E-state index is -0.0336. The van der Waals surface area contributed by atoms with Gasteiger partial charge >= 0.3 is 6.03 Å². The van der Waals surface area contributed by atoms with E-state index >= 15 is 0 Å². The Morgan fingerprint density at radius 1 is 1.11 bits per heavy atom. The summed E-state index contributed by atoms with van der Waals surface area (Å²) in [4.78, 5) is 21.0. The Kier molecular flexibility index (Phi) is 6.65. The number of amides is 2. The smallest absolute Gasteiger partial charge is 0.317 e. The summed E-state index contributed by atoms with van der Waals surface area (Å²) in [6.45, 7) is 8.52. The average Bonchev–Trinajstić information content (AvgIpc) is 2.68. The molecule has 0 aliphatic carbocycles. The first-order chi connectivity index (χ1) is 13.1. The number of pyridine rings is 1. The van der Waals surface area contributed by atoms with E-state index in [0.717, 1.165) is 38.3 Å². The Labute approximate surface area is 161 Å². The minimum absolute atomic E-state index is 0.0336. The molecule has 2 aromatic rings. The van der Waals surface area contributed by atoms with Gasteiger partial charge in [-0.1, -0.05) is 36.4 Å². The van der Waals surface area contributed by atoms with Crippen LogP contribution in [0.5, 0.6) is 5.88 Å². The highest BCUT2D eigenvalue weighted by Gasteiger charge is 2.21. The third-order valence-electron chi connectivity index (χ3n) is 4.54. The molecule has 3 rings (SSSR count). The van der Waals surface area contributed by atoms with Gasteiger partial charge in [0, 0.05) is 51.0 Å². The second-order valence-electron chi connectivity index (χ2n) is 7.04. The molecular formula is C21H28N4O2. The van der Waals surface area contributed by atoms with E-state index in [1.54, 1.807) is 6.20 Å². The molecule has 144 valence electrons. The predicted octanol–water partition coefficient (Wildman–Crippen LogP) is 2.90. The lowest BCUT2D eigenvalue weighted by Crippen LogP contribution is -2.51. The van der Waals surface area contributed by atoms with Gasteiger partial charge in [-0.15, -0.1) is 0 Å². The van der Waals surface area contributed by atoms with Crippen LogP contribution in [0.1, 0.15) is 25.0 Å². The maximum absolute atomic E-state index is 12.5. The van der Waals surface area contributed by atoms with E-state index < -0.39 is 0 Å². The number of rotatable bonds is 6. The number of benzene rings is 1. The van der Waals surface area contributed by atoms with Crippen molar-refractivity contribution < 1.29 is 9.53 Å². The number of carbonyl (C=O) groups is 1. The molecular weight excluding hydrogens is 340 g/mol. The van der Waals surface area contributed by atoms with Crippen molar-refractivity contribution in [3.05, 3.63) is 59.8 Å². The van der Waals surface area contributed by atoms with E-state index in [1.807, 2.05) is 36.9 Å². The molecule has 0 saturated carbocycles. The zero-order valence-electron chi connectivity index (χ0n) is 16.1. The number of aromatic nitrogens is 1. The van der Waals surface area contributed by atoms with E-state index in [9.17, 15) is 4.79 Å². The Morgan fingerprint density at radius 3 is 2.56 bits per heavy atom. The van der Waals surface area contributed by atoms with Gasteiger partial charge in [0.1, 0.15) is 0 Å². The fourth-order valence-corrected chi connectivity index (χ4v) is 3.12. The van der Waals surface area contributed by atoms with Crippen LogP contribution in [0.2, 0.25) is 0 Å². The number of nitrogens with one attached hydrogen (secondary N) is 1. The summed E-state index contributed by atoms with van der Waals surface area (Å²) >= 11 is 0. The van der Waals surface area contributed by atoms with Crippen LogP contribution >= 0.6 is 0 Å². The van der Waals surface area contributed by atoms with Crippen LogP contribution in [0, 0.1) is 0 Å². The fourth-order valence-electron chi connectivity index (χ4n) is 3.12. The highest BCUT2D eigenvalue weighted by molar-refractivity contribution is 5.74. The van der Waals surface area contributed by atoms with Crippen LogP contribution in [0.3, 0.4) is 0 Å². The molecule has 6 nitrogen and oxygen atoms in total. The lowest BCUT2D eigenvalue weighted by molar-refractivity contribution is 0.135. The molecule has 1 aliphatic rings. The summed E-state index contributed by atoms with van der Waals surface area (Å²) in [5, 5.41) is 3.00. The number of hydrogen-bond acceptors (Lipinski definition) is 4. The first-order valence-electron chi connectivity index (χ1n) is 9.51. The molecule has 0 unspecified atom stereocenters. The van der Waals surface area contributed by atoms with Crippen molar-refractivity contribution in [2.75, 3.05) is 26.2 Å². The Hall–Kier alpha value is -2.60. The topological polar surface area (TPSA) is 57.7 Å². The van der Waals surface area contributed by atoms with Gasteiger partial charge in [-0.25, -0.2) is 9.78 Å². The molecule has 6 heteroatoms. The summed E-state index contributed by atoms with van der Waals surface area (Å²) in [6, 6.07) is 14.2. The van der Waals surface area contributed by atoms with Crippen LogP contribution in [-0.4, -0.2) is 53.1 Å². The average molecular weight is 368 g/mol. The molecule has 0 atom stereocenters. The zero-order valence-corrected chi connectivity index (χ0v) is 16.1. The maximum atomic E-state index is 12.5. The molecule has 1 aromatic heterocycles. The third kappa shape index (κ3) is 5.69. The van der Waals surface area contributed by atoms with Crippen LogP contribution in [-0.2, 0) is 13.1 Å². The monoisotopic (exact) mass is 368 g/mol. The van der Waals surface area contributed by atoms with Gasteiger partial charge in [0.15, 0.2) is 0 Å². The second-order valence-corrected chi connectivity index (χ2v) is 7.04. The van der Waals surface area contributed by atoms with E-state index in [0.29, 0.717) is 12.4 Å². The van der Waals surface area contributed by atoms with Gasteiger partial charge in [0.05, 0.1) is 6.10 Å². The van der Waals surface area contributed by atoms with Crippen LogP contribution in [0.25, 0.3) is 0 Å². The second kappa shape index (κ2) is 9.37. The summed E-state index contributed by atoms with van der Waals surface area (Å²) in [7, 11) is 0. The predicted molar refractivity (Wildman–Crippen MR) is 106 cm³/mol. The van der Waals surface area contributed by atoms with Crippen molar-refractivity contribution in [1.29, 1.82) is 0 Å². The molecule has 1 fully saturated rings. The van der Waals surface area contributed by atoms with Crippen LogP contribution in [0.4, 0.5) is 4.79 Å². The number of urea groups is 1. The maximum Gasteiger partial charge on any atom is 0.317 e. The van der Waals surface area contributed by atoms with E-state index in [4.69, 9.17) is 4.74 Å². The largest absolute Gasteiger partial charge is 0.475 e. The standard InChI is InChI=1S/C21H28N4O2/c1-17(2)27-20-19(9-6-10-22-20)15-23-21(26)25-13-11-24(12-14-25)16-18-7-4-3-5-8-18/h3-10,17H,11-16H2,1-2H3,(H,23,26). The Bertz CT molecular complexity index is 728. The van der Waals surface area contributed by atoms with Crippen molar-refractivity contribution >= 4 is 6.03 Å². The van der Waals surface area contributed by atoms with Crippen molar-refractivity contribution in [3.63, 3.8) is 0 Å². The van der Waals surface area contributed by atoms with Gasteiger partial charge < -0.3 is 15.0 Å². The number of piperazine rings is 1. The lowest BCUT2D eigenvalue weighted by Gasteiger charge is -2.34. The molecule has 27 heavy (non-hydrogen) atoms. The van der Waals surface area contributed by atoms with Gasteiger partial charge in [-0.2, -0.15) is 0 Å². The van der Waals surface area contributed by atoms with E-state index in [2.05, 4.69) is 39.5 Å². The number of nitrogens with zero attached hydrogens (tertiary/aromatic N) is 3. The highest BCUT2D eigenvalue weighted by atomic mass is 16.5. The molecule has 1 aromatic carbocycles. The zero-order chi connectivity index (χ0) is 19.1. The fraction of sp³-hybridized carbons (Fsp3) is 0.429. The van der Waals surface area contributed by atoms with Crippen molar-refractivity contribution in [3.8, 4) is 5.88 Å². The summed E-state index contributed by atoms with van der Waals surface area (Å²) in [6.07, 6.45) is 1.75. The number of carbonyl (C=O) groups excluding carboxylic acids is 1. The van der Waals surface area contributed by atoms with Gasteiger partial charge in [0.2, 0.25) is 5.88 Å². The molecule has 0 bridgehead atoms. The summed E-state index contributed by atoms with van der Waals surface area (Å²) in [5.74, 6) is 0.584. The molecule has 0 spiro atoms. The van der Waals surface area contributed by atoms with Gasteiger partial charge in [-0.3, -0.25) is 4.90 Å². The normalized spacial score (nSPS) is 15.0. The molecule has 2 amide bonds. The first-order valence-corrected chi connectivity index (χ1v) is 9.51. The molecule has 1 aliphatic heterocycles. The molecule has 0 radical (unpaired) electrons. The quantitative estimate of drug-likeness (QED) is 0.852. The van der Waals surface area contributed by atoms with E-state index in [-0.39, 0.29) is 12.1 Å². The lowest BCUT2D eigenvalue weighted by atomic mass is 10.2. The molecule has 1 N–H and O–H groups in total. The first kappa shape index (κ1) is 19.2. The summed E-state index contributed by atoms with van der Waals surface area (Å²) < 4.78 is 5.71. The Morgan fingerprint density at radius 2 is 1.85 bits per heavy atom. The van der Waals surface area contributed by atoms with Crippen molar-refractivity contribution in [1.82, 2.24) is 20.1 Å². The van der Waals surface area contributed by atoms with Crippen molar-refractivity contribution in [2.45, 2.75) is 33.0 Å². The van der Waals surface area contributed by atoms with E-state index in [1.165, 1.54) is 5.56 Å². The highest BCUT2D eigenvalue weighted by Crippen LogP contribution is 2.16. The molecule has 2 heterocycles. The SMILES string of the molecule is CC(C)Oc1ncccc1CNC(=O)N1CCN(Cc2ccccc2)CC1. The minimum Gasteiger partial charge on any atom is -0.475 e.